The molecule has 29 heavy (non-hydrogen) atoms. The summed E-state index contributed by atoms with van der Waals surface area (Å²) in [5, 5.41) is 6.94. The molecule has 2 aromatic heterocycles. The molecule has 0 bridgehead atoms. The molecule has 0 aliphatic rings. The smallest absolute Gasteiger partial charge is 0.129 e. The molecular weight excluding hydrogens is 366 g/mol. The highest BCUT2D eigenvalue weighted by Gasteiger charge is 2.12. The zero-order valence-electron chi connectivity index (χ0n) is 16.8. The standard InChI is InChI=1S/C22H25N5O2/c1-15(14-28-3)27(2)13-22-24-20-9-8-18(12-21(20)25-22)29-17-6-4-16(5-7-17)19-10-11-23-26-19/h4-12,15H,13-14H2,1-3H3,(H,23,26)(H,24,25). The van der Waals surface area contributed by atoms with Gasteiger partial charge in [0.25, 0.3) is 0 Å². The van der Waals surface area contributed by atoms with Crippen LogP contribution in [0.25, 0.3) is 22.3 Å². The fraction of sp³-hybridized carbons (Fsp3) is 0.273. The fourth-order valence-corrected chi connectivity index (χ4v) is 3.19. The molecule has 150 valence electrons. The summed E-state index contributed by atoms with van der Waals surface area (Å²) in [5.74, 6) is 2.45. The number of hydrogen-bond acceptors (Lipinski definition) is 5. The lowest BCUT2D eigenvalue weighted by Crippen LogP contribution is -2.32. The Labute approximate surface area is 169 Å². The molecule has 0 fully saturated rings. The molecule has 1 unspecified atom stereocenters. The van der Waals surface area contributed by atoms with Gasteiger partial charge in [-0.25, -0.2) is 4.98 Å². The van der Waals surface area contributed by atoms with Crippen LogP contribution in [0.2, 0.25) is 0 Å². The van der Waals surface area contributed by atoms with Crippen molar-refractivity contribution in [2.45, 2.75) is 19.5 Å². The lowest BCUT2D eigenvalue weighted by molar-refractivity contribution is 0.110. The zero-order valence-corrected chi connectivity index (χ0v) is 16.8. The molecule has 0 saturated carbocycles. The summed E-state index contributed by atoms with van der Waals surface area (Å²) in [5.41, 5.74) is 3.93. The molecule has 1 atom stereocenters. The Morgan fingerprint density at radius 2 is 1.86 bits per heavy atom. The predicted octanol–water partition coefficient (Wildman–Crippen LogP) is 4.21. The van der Waals surface area contributed by atoms with Gasteiger partial charge in [0.1, 0.15) is 17.3 Å². The van der Waals surface area contributed by atoms with Crippen molar-refractivity contribution < 1.29 is 9.47 Å². The van der Waals surface area contributed by atoms with E-state index in [0.717, 1.165) is 46.2 Å². The maximum Gasteiger partial charge on any atom is 0.129 e. The first kappa shape index (κ1) is 19.2. The molecule has 0 aliphatic carbocycles. The van der Waals surface area contributed by atoms with Crippen molar-refractivity contribution in [3.8, 4) is 22.8 Å². The van der Waals surface area contributed by atoms with E-state index >= 15 is 0 Å². The molecule has 7 nitrogen and oxygen atoms in total. The fourth-order valence-electron chi connectivity index (χ4n) is 3.19. The van der Waals surface area contributed by atoms with Crippen LogP contribution in [0.1, 0.15) is 12.7 Å². The summed E-state index contributed by atoms with van der Waals surface area (Å²) in [6.07, 6.45) is 1.74. The Kier molecular flexibility index (Phi) is 5.59. The molecule has 2 aromatic carbocycles. The van der Waals surface area contributed by atoms with Gasteiger partial charge in [-0.1, -0.05) is 0 Å². The van der Waals surface area contributed by atoms with E-state index < -0.39 is 0 Å². The molecule has 7 heteroatoms. The van der Waals surface area contributed by atoms with Crippen molar-refractivity contribution in [2.75, 3.05) is 20.8 Å². The van der Waals surface area contributed by atoms with Crippen LogP contribution in [0, 0.1) is 0 Å². The van der Waals surface area contributed by atoms with E-state index in [-0.39, 0.29) is 0 Å². The Bertz CT molecular complexity index is 1060. The number of ether oxygens (including phenoxy) is 2. The molecule has 0 saturated heterocycles. The van der Waals surface area contributed by atoms with Crippen LogP contribution in [-0.2, 0) is 11.3 Å². The molecule has 0 radical (unpaired) electrons. The van der Waals surface area contributed by atoms with Crippen LogP contribution in [-0.4, -0.2) is 51.9 Å². The maximum absolute atomic E-state index is 6.01. The number of benzene rings is 2. The summed E-state index contributed by atoms with van der Waals surface area (Å²) >= 11 is 0. The highest BCUT2D eigenvalue weighted by molar-refractivity contribution is 5.77. The van der Waals surface area contributed by atoms with Crippen molar-refractivity contribution in [3.63, 3.8) is 0 Å². The van der Waals surface area contributed by atoms with Gasteiger partial charge >= 0.3 is 0 Å². The number of hydrogen-bond donors (Lipinski definition) is 2. The van der Waals surface area contributed by atoms with Gasteiger partial charge < -0.3 is 14.5 Å². The number of fused-ring (bicyclic) bond motifs is 1. The van der Waals surface area contributed by atoms with Crippen LogP contribution in [0.15, 0.2) is 54.7 Å². The minimum absolute atomic E-state index is 0.317. The Morgan fingerprint density at radius 3 is 2.59 bits per heavy atom. The summed E-state index contributed by atoms with van der Waals surface area (Å²) in [4.78, 5) is 10.3. The monoisotopic (exact) mass is 391 g/mol. The van der Waals surface area contributed by atoms with Crippen molar-refractivity contribution in [2.24, 2.45) is 0 Å². The van der Waals surface area contributed by atoms with Crippen molar-refractivity contribution in [1.29, 1.82) is 0 Å². The molecule has 2 N–H and O–H groups in total. The molecule has 0 spiro atoms. The zero-order chi connectivity index (χ0) is 20.2. The Hall–Kier alpha value is -3.16. The van der Waals surface area contributed by atoms with E-state index in [9.17, 15) is 0 Å². The van der Waals surface area contributed by atoms with E-state index in [1.165, 1.54) is 0 Å². The van der Waals surface area contributed by atoms with E-state index in [0.29, 0.717) is 12.6 Å². The largest absolute Gasteiger partial charge is 0.457 e. The number of rotatable bonds is 8. The van der Waals surface area contributed by atoms with Gasteiger partial charge in [0, 0.05) is 25.4 Å². The first-order valence-corrected chi connectivity index (χ1v) is 9.58. The first-order chi connectivity index (χ1) is 14.1. The number of nitrogens with one attached hydrogen (secondary N) is 2. The second kappa shape index (κ2) is 8.46. The van der Waals surface area contributed by atoms with E-state index in [4.69, 9.17) is 14.5 Å². The van der Waals surface area contributed by atoms with Gasteiger partial charge in [-0.15, -0.1) is 0 Å². The van der Waals surface area contributed by atoms with Crippen LogP contribution in [0.3, 0.4) is 0 Å². The van der Waals surface area contributed by atoms with E-state index in [2.05, 4.69) is 34.1 Å². The number of likely N-dealkylation sites (N-methyl/N-ethyl adjacent to an activating group) is 1. The Balaban J connectivity index is 1.46. The lowest BCUT2D eigenvalue weighted by Gasteiger charge is -2.22. The SMILES string of the molecule is COCC(C)N(C)Cc1nc2cc(Oc3ccc(-c4ccn[nH]4)cc3)ccc2[nH]1. The molecule has 4 rings (SSSR count). The topological polar surface area (TPSA) is 79.1 Å². The number of H-pyrrole nitrogens is 2. The molecular formula is C22H25N5O2. The normalized spacial score (nSPS) is 12.6. The van der Waals surface area contributed by atoms with Gasteiger partial charge in [-0.2, -0.15) is 5.10 Å². The van der Waals surface area contributed by atoms with Crippen molar-refractivity contribution in [3.05, 3.63) is 60.6 Å². The van der Waals surface area contributed by atoms with Crippen LogP contribution >= 0.6 is 0 Å². The van der Waals surface area contributed by atoms with E-state index in [1.807, 2.05) is 48.5 Å². The number of aromatic nitrogens is 4. The molecule has 0 amide bonds. The highest BCUT2D eigenvalue weighted by Crippen LogP contribution is 2.27. The van der Waals surface area contributed by atoms with Gasteiger partial charge in [0.05, 0.1) is 29.9 Å². The number of nitrogens with zero attached hydrogens (tertiary/aromatic N) is 3. The minimum Gasteiger partial charge on any atom is -0.457 e. The molecule has 0 aliphatic heterocycles. The maximum atomic E-state index is 6.01. The van der Waals surface area contributed by atoms with Crippen LogP contribution < -0.4 is 4.74 Å². The van der Waals surface area contributed by atoms with E-state index in [1.54, 1.807) is 13.3 Å². The molecule has 2 heterocycles. The summed E-state index contributed by atoms with van der Waals surface area (Å²) in [6, 6.07) is 16.1. The third-order valence-corrected chi connectivity index (χ3v) is 4.96. The van der Waals surface area contributed by atoms with Gasteiger partial charge in [0.15, 0.2) is 0 Å². The van der Waals surface area contributed by atoms with Gasteiger partial charge in [-0.3, -0.25) is 10.00 Å². The summed E-state index contributed by atoms with van der Waals surface area (Å²) in [6.45, 7) is 3.55. The third-order valence-electron chi connectivity index (χ3n) is 4.96. The highest BCUT2D eigenvalue weighted by atomic mass is 16.5. The van der Waals surface area contributed by atoms with Crippen molar-refractivity contribution >= 4 is 11.0 Å². The average Bonchev–Trinajstić information content (AvgIpc) is 3.38. The lowest BCUT2D eigenvalue weighted by atomic mass is 10.1. The summed E-state index contributed by atoms with van der Waals surface area (Å²) < 4.78 is 11.2. The van der Waals surface area contributed by atoms with Crippen molar-refractivity contribution in [1.82, 2.24) is 25.1 Å². The number of methoxy groups -OCH3 is 1. The number of imidazole rings is 1. The Morgan fingerprint density at radius 1 is 1.07 bits per heavy atom. The second-order valence-corrected chi connectivity index (χ2v) is 7.18. The predicted molar refractivity (Wildman–Crippen MR) is 113 cm³/mol. The quantitative estimate of drug-likeness (QED) is 0.470. The summed E-state index contributed by atoms with van der Waals surface area (Å²) in [7, 11) is 3.79. The molecule has 4 aromatic rings. The third kappa shape index (κ3) is 4.47. The van der Waals surface area contributed by atoms with Crippen LogP contribution in [0.4, 0.5) is 0 Å². The average molecular weight is 391 g/mol. The first-order valence-electron chi connectivity index (χ1n) is 9.58. The van der Waals surface area contributed by atoms with Gasteiger partial charge in [0.2, 0.25) is 0 Å². The minimum atomic E-state index is 0.317. The van der Waals surface area contributed by atoms with Gasteiger partial charge in [-0.05, 0) is 62.0 Å². The number of aromatic amines is 2. The second-order valence-electron chi connectivity index (χ2n) is 7.18. The van der Waals surface area contributed by atoms with Crippen LogP contribution in [0.5, 0.6) is 11.5 Å².